The summed E-state index contributed by atoms with van der Waals surface area (Å²) in [7, 11) is 0. The number of halogens is 1. The van der Waals surface area contributed by atoms with Gasteiger partial charge in [0.25, 0.3) is 0 Å². The van der Waals surface area contributed by atoms with Crippen LogP contribution in [0.2, 0.25) is 5.02 Å². The first-order chi connectivity index (χ1) is 14.5. The molecule has 5 heteroatoms. The monoisotopic (exact) mass is 421 g/mol. The van der Waals surface area contributed by atoms with Gasteiger partial charge in [-0.2, -0.15) is 0 Å². The number of benzene rings is 2. The van der Waals surface area contributed by atoms with Gasteiger partial charge in [-0.1, -0.05) is 41.9 Å². The average Bonchev–Trinajstić information content (AvgIpc) is 2.74. The second-order valence-corrected chi connectivity index (χ2v) is 8.75. The van der Waals surface area contributed by atoms with Gasteiger partial charge < -0.3 is 10.6 Å². The topological polar surface area (TPSA) is 54.0 Å². The molecule has 1 aromatic heterocycles. The zero-order valence-electron chi connectivity index (χ0n) is 17.5. The van der Waals surface area contributed by atoms with E-state index < -0.39 is 0 Å². The lowest BCUT2D eigenvalue weighted by Crippen LogP contribution is -2.37. The number of rotatable bonds is 5. The summed E-state index contributed by atoms with van der Waals surface area (Å²) in [4.78, 5) is 17.5. The Kier molecular flexibility index (Phi) is 6.24. The third-order valence-electron chi connectivity index (χ3n) is 6.10. The SMILES string of the molecule is Cc1cc(N[C@H]2CC[C@@H](C(=O)N[C@@H](C)c3ccc(Cl)cc3)CC2)nc2ccccc12. The van der Waals surface area contributed by atoms with Crippen LogP contribution in [0, 0.1) is 12.8 Å². The van der Waals surface area contributed by atoms with E-state index in [0.717, 1.165) is 42.6 Å². The van der Waals surface area contributed by atoms with E-state index >= 15 is 0 Å². The van der Waals surface area contributed by atoms with Crippen molar-refractivity contribution in [3.05, 3.63) is 70.7 Å². The lowest BCUT2D eigenvalue weighted by molar-refractivity contribution is -0.126. The van der Waals surface area contributed by atoms with Crippen LogP contribution < -0.4 is 10.6 Å². The summed E-state index contributed by atoms with van der Waals surface area (Å²) < 4.78 is 0. The van der Waals surface area contributed by atoms with Gasteiger partial charge in [0.05, 0.1) is 11.6 Å². The number of nitrogens with zero attached hydrogens (tertiary/aromatic N) is 1. The molecule has 156 valence electrons. The smallest absolute Gasteiger partial charge is 0.223 e. The number of para-hydroxylation sites is 1. The number of hydrogen-bond donors (Lipinski definition) is 2. The quantitative estimate of drug-likeness (QED) is 0.527. The molecule has 0 bridgehead atoms. The summed E-state index contributed by atoms with van der Waals surface area (Å²) in [5.41, 5.74) is 3.32. The molecular formula is C25H28ClN3O. The van der Waals surface area contributed by atoms with Gasteiger partial charge in [0.15, 0.2) is 0 Å². The van der Waals surface area contributed by atoms with Crippen molar-refractivity contribution in [1.29, 1.82) is 0 Å². The largest absolute Gasteiger partial charge is 0.367 e. The summed E-state index contributed by atoms with van der Waals surface area (Å²) in [5.74, 6) is 1.15. The average molecular weight is 422 g/mol. The predicted molar refractivity (Wildman–Crippen MR) is 124 cm³/mol. The number of fused-ring (bicyclic) bond motifs is 1. The van der Waals surface area contributed by atoms with E-state index in [-0.39, 0.29) is 17.9 Å². The van der Waals surface area contributed by atoms with Gasteiger partial charge in [0.2, 0.25) is 5.91 Å². The van der Waals surface area contributed by atoms with Crippen LogP contribution in [0.3, 0.4) is 0 Å². The van der Waals surface area contributed by atoms with Crippen LogP contribution in [0.1, 0.15) is 49.8 Å². The number of aryl methyl sites for hydroxylation is 1. The third-order valence-corrected chi connectivity index (χ3v) is 6.35. The van der Waals surface area contributed by atoms with Gasteiger partial charge in [-0.25, -0.2) is 4.98 Å². The number of amides is 1. The summed E-state index contributed by atoms with van der Waals surface area (Å²) >= 11 is 5.96. The molecule has 1 amide bonds. The van der Waals surface area contributed by atoms with Crippen molar-refractivity contribution in [2.24, 2.45) is 5.92 Å². The Morgan fingerprint density at radius 1 is 1.07 bits per heavy atom. The number of anilines is 1. The lowest BCUT2D eigenvalue weighted by atomic mass is 9.85. The number of carbonyl (C=O) groups excluding carboxylic acids is 1. The maximum absolute atomic E-state index is 12.7. The molecule has 0 spiro atoms. The van der Waals surface area contributed by atoms with E-state index in [4.69, 9.17) is 16.6 Å². The minimum Gasteiger partial charge on any atom is -0.367 e. The van der Waals surface area contributed by atoms with Crippen LogP contribution in [0.5, 0.6) is 0 Å². The van der Waals surface area contributed by atoms with Crippen LogP contribution in [-0.4, -0.2) is 16.9 Å². The molecule has 1 saturated carbocycles. The zero-order valence-corrected chi connectivity index (χ0v) is 18.2. The summed E-state index contributed by atoms with van der Waals surface area (Å²) in [5, 5.41) is 8.65. The second kappa shape index (κ2) is 9.05. The fourth-order valence-corrected chi connectivity index (χ4v) is 4.42. The van der Waals surface area contributed by atoms with Crippen LogP contribution in [-0.2, 0) is 4.79 Å². The molecule has 4 nitrogen and oxygen atoms in total. The maximum atomic E-state index is 12.7. The zero-order chi connectivity index (χ0) is 21.1. The molecule has 2 aromatic carbocycles. The molecule has 1 atom stereocenters. The number of pyridine rings is 1. The van der Waals surface area contributed by atoms with E-state index in [1.54, 1.807) is 0 Å². The second-order valence-electron chi connectivity index (χ2n) is 8.32. The Morgan fingerprint density at radius 2 is 1.77 bits per heavy atom. The molecular weight excluding hydrogens is 394 g/mol. The molecule has 1 aliphatic carbocycles. The first kappa shape index (κ1) is 20.7. The molecule has 2 N–H and O–H groups in total. The maximum Gasteiger partial charge on any atom is 0.223 e. The molecule has 0 radical (unpaired) electrons. The first-order valence-corrected chi connectivity index (χ1v) is 11.1. The van der Waals surface area contributed by atoms with Gasteiger partial charge in [-0.3, -0.25) is 4.79 Å². The Bertz CT molecular complexity index is 1030. The Hall–Kier alpha value is -2.59. The van der Waals surface area contributed by atoms with Crippen LogP contribution in [0.15, 0.2) is 54.6 Å². The number of nitrogens with one attached hydrogen (secondary N) is 2. The van der Waals surface area contributed by atoms with Crippen molar-refractivity contribution in [2.45, 2.75) is 51.6 Å². The highest BCUT2D eigenvalue weighted by molar-refractivity contribution is 6.30. The highest BCUT2D eigenvalue weighted by atomic mass is 35.5. The van der Waals surface area contributed by atoms with Crippen molar-refractivity contribution in [3.8, 4) is 0 Å². The van der Waals surface area contributed by atoms with Crippen molar-refractivity contribution < 1.29 is 4.79 Å². The fourth-order valence-electron chi connectivity index (χ4n) is 4.30. The molecule has 30 heavy (non-hydrogen) atoms. The molecule has 0 unspecified atom stereocenters. The minimum atomic E-state index is -0.0182. The predicted octanol–water partition coefficient (Wildman–Crippen LogP) is 6.04. The lowest BCUT2D eigenvalue weighted by Gasteiger charge is -2.29. The summed E-state index contributed by atoms with van der Waals surface area (Å²) in [6.45, 7) is 4.14. The van der Waals surface area contributed by atoms with Crippen molar-refractivity contribution in [1.82, 2.24) is 10.3 Å². The van der Waals surface area contributed by atoms with Gasteiger partial charge in [0, 0.05) is 22.4 Å². The Labute approximate surface area is 183 Å². The third kappa shape index (κ3) is 4.76. The first-order valence-electron chi connectivity index (χ1n) is 10.7. The van der Waals surface area contributed by atoms with Gasteiger partial charge >= 0.3 is 0 Å². The van der Waals surface area contributed by atoms with Crippen LogP contribution in [0.4, 0.5) is 5.82 Å². The number of carbonyl (C=O) groups is 1. The number of hydrogen-bond acceptors (Lipinski definition) is 3. The van der Waals surface area contributed by atoms with Gasteiger partial charge in [0.1, 0.15) is 5.82 Å². The molecule has 1 fully saturated rings. The molecule has 3 aromatic rings. The summed E-state index contributed by atoms with van der Waals surface area (Å²) in [6, 6.07) is 18.3. The van der Waals surface area contributed by atoms with Gasteiger partial charge in [-0.15, -0.1) is 0 Å². The van der Waals surface area contributed by atoms with Crippen LogP contribution in [0.25, 0.3) is 10.9 Å². The van der Waals surface area contributed by atoms with Crippen molar-refractivity contribution in [2.75, 3.05) is 5.32 Å². The van der Waals surface area contributed by atoms with E-state index in [2.05, 4.69) is 35.8 Å². The van der Waals surface area contributed by atoms with E-state index in [9.17, 15) is 4.79 Å². The van der Waals surface area contributed by atoms with E-state index in [1.165, 1.54) is 10.9 Å². The van der Waals surface area contributed by atoms with Crippen molar-refractivity contribution >= 4 is 34.2 Å². The van der Waals surface area contributed by atoms with E-state index in [0.29, 0.717) is 11.1 Å². The van der Waals surface area contributed by atoms with E-state index in [1.807, 2.05) is 43.3 Å². The summed E-state index contributed by atoms with van der Waals surface area (Å²) in [6.07, 6.45) is 3.73. The number of aromatic nitrogens is 1. The standard InChI is InChI=1S/C25H28ClN3O/c1-16-15-24(29-23-6-4-3-5-22(16)23)28-21-13-9-19(10-14-21)25(30)27-17(2)18-7-11-20(26)12-8-18/h3-8,11-12,15,17,19,21H,9-10,13-14H2,1-2H3,(H,27,30)(H,28,29)/t17-,19-,21+/m0/s1. The molecule has 1 heterocycles. The Balaban J connectivity index is 1.31. The van der Waals surface area contributed by atoms with Crippen LogP contribution >= 0.6 is 11.6 Å². The normalized spacial score (nSPS) is 20.0. The van der Waals surface area contributed by atoms with Gasteiger partial charge in [-0.05, 0) is 74.9 Å². The highest BCUT2D eigenvalue weighted by Crippen LogP contribution is 2.28. The van der Waals surface area contributed by atoms with Crippen molar-refractivity contribution in [3.63, 3.8) is 0 Å². The highest BCUT2D eigenvalue weighted by Gasteiger charge is 2.27. The molecule has 0 aliphatic heterocycles. The molecule has 0 saturated heterocycles. The molecule has 1 aliphatic rings. The minimum absolute atomic E-state index is 0.0182. The fraction of sp³-hybridized carbons (Fsp3) is 0.360. The molecule has 4 rings (SSSR count). The Morgan fingerprint density at radius 3 is 2.50 bits per heavy atom.